The predicted molar refractivity (Wildman–Crippen MR) is 157 cm³/mol. The van der Waals surface area contributed by atoms with Gasteiger partial charge in [-0.15, -0.1) is 0 Å². The first kappa shape index (κ1) is 20.4. The first-order chi connectivity index (χ1) is 18.3. The molecule has 1 aliphatic heterocycles. The van der Waals surface area contributed by atoms with E-state index < -0.39 is 0 Å². The van der Waals surface area contributed by atoms with Crippen molar-refractivity contribution in [3.63, 3.8) is 0 Å². The lowest BCUT2D eigenvalue weighted by atomic mass is 9.89. The maximum atomic E-state index is 2.45. The number of rotatable bonds is 2. The average Bonchev–Trinajstić information content (AvgIpc) is 3.26. The fraction of sp³-hybridized carbons (Fsp3) is 0.0286. The second kappa shape index (κ2) is 7.59. The summed E-state index contributed by atoms with van der Waals surface area (Å²) in [7, 11) is 0. The van der Waals surface area contributed by atoms with Crippen molar-refractivity contribution in [1.29, 1.82) is 0 Å². The van der Waals surface area contributed by atoms with Gasteiger partial charge in [0.25, 0.3) is 0 Å². The molecule has 0 radical (unpaired) electrons. The Labute approximate surface area is 215 Å². The molecule has 1 aliphatic rings. The molecular weight excluding hydrogens is 448 g/mol. The summed E-state index contributed by atoms with van der Waals surface area (Å²) in [5.41, 5.74) is 11.1. The molecule has 2 nitrogen and oxygen atoms in total. The summed E-state index contributed by atoms with van der Waals surface area (Å²) in [6.07, 6.45) is 0. The molecule has 0 spiro atoms. The summed E-state index contributed by atoms with van der Waals surface area (Å²) < 4.78 is 2.40. The molecule has 8 rings (SSSR count). The van der Waals surface area contributed by atoms with Crippen LogP contribution in [-0.2, 0) is 0 Å². The molecule has 6 aromatic carbocycles. The van der Waals surface area contributed by atoms with Gasteiger partial charge >= 0.3 is 0 Å². The molecule has 174 valence electrons. The number of para-hydroxylation sites is 2. The van der Waals surface area contributed by atoms with E-state index in [1.54, 1.807) is 0 Å². The van der Waals surface area contributed by atoms with E-state index in [4.69, 9.17) is 0 Å². The molecule has 0 fully saturated rings. The van der Waals surface area contributed by atoms with E-state index in [0.717, 1.165) is 0 Å². The van der Waals surface area contributed by atoms with E-state index in [2.05, 4.69) is 144 Å². The van der Waals surface area contributed by atoms with Crippen molar-refractivity contribution in [3.8, 4) is 16.8 Å². The van der Waals surface area contributed by atoms with Crippen molar-refractivity contribution in [2.75, 3.05) is 4.90 Å². The molecule has 0 unspecified atom stereocenters. The van der Waals surface area contributed by atoms with Gasteiger partial charge < -0.3 is 9.47 Å². The molecular formula is C35H24N2. The minimum absolute atomic E-state index is 1.18. The first-order valence-corrected chi connectivity index (χ1v) is 12.8. The SMILES string of the molecule is Cc1cccc(N2c3cc4c(cc3-c3cccc5cccc2c35)c2ccccc2n4-c2ccccc2)c1. The normalized spacial score (nSPS) is 12.4. The standard InChI is InChI=1S/C35H24N2/c1-23-10-7-15-26(20-23)37-32-19-9-12-24-11-8-17-28(35(24)32)30-21-29-27-16-5-6-18-31(27)36(33(29)22-34(30)37)25-13-3-2-4-14-25/h2-22H,1H3. The fourth-order valence-corrected chi connectivity index (χ4v) is 6.17. The minimum atomic E-state index is 1.18. The zero-order valence-electron chi connectivity index (χ0n) is 20.5. The summed E-state index contributed by atoms with van der Waals surface area (Å²) in [5.74, 6) is 0. The molecule has 2 heterocycles. The number of fused-ring (bicyclic) bond motifs is 5. The molecule has 0 saturated heterocycles. The lowest BCUT2D eigenvalue weighted by Crippen LogP contribution is -2.15. The molecule has 2 heteroatoms. The van der Waals surface area contributed by atoms with Crippen molar-refractivity contribution >= 4 is 49.6 Å². The van der Waals surface area contributed by atoms with E-state index in [0.29, 0.717) is 0 Å². The molecule has 0 aliphatic carbocycles. The number of anilines is 3. The van der Waals surface area contributed by atoms with Crippen LogP contribution in [0, 0.1) is 6.92 Å². The number of aromatic nitrogens is 1. The summed E-state index contributed by atoms with van der Waals surface area (Å²) in [4.78, 5) is 2.45. The Morgan fingerprint density at radius 1 is 0.486 bits per heavy atom. The van der Waals surface area contributed by atoms with Gasteiger partial charge in [-0.2, -0.15) is 0 Å². The number of benzene rings is 6. The number of aryl methyl sites for hydroxylation is 1. The summed E-state index contributed by atoms with van der Waals surface area (Å²) in [6, 6.07) is 46.4. The van der Waals surface area contributed by atoms with E-state index >= 15 is 0 Å². The van der Waals surface area contributed by atoms with Gasteiger partial charge in [-0.3, -0.25) is 0 Å². The Morgan fingerprint density at radius 3 is 2.11 bits per heavy atom. The van der Waals surface area contributed by atoms with Crippen LogP contribution >= 0.6 is 0 Å². The molecule has 0 N–H and O–H groups in total. The third-order valence-corrected chi connectivity index (χ3v) is 7.72. The van der Waals surface area contributed by atoms with Gasteiger partial charge in [-0.1, -0.05) is 78.9 Å². The molecule has 0 atom stereocenters. The number of hydrogen-bond donors (Lipinski definition) is 0. The van der Waals surface area contributed by atoms with Crippen LogP contribution in [0.5, 0.6) is 0 Å². The fourth-order valence-electron chi connectivity index (χ4n) is 6.17. The van der Waals surface area contributed by atoms with Gasteiger partial charge in [0.05, 0.1) is 22.4 Å². The molecule has 0 amide bonds. The average molecular weight is 473 g/mol. The summed E-state index contributed by atoms with van der Waals surface area (Å²) >= 11 is 0. The Hall–Kier alpha value is -4.82. The monoisotopic (exact) mass is 472 g/mol. The van der Waals surface area contributed by atoms with Crippen molar-refractivity contribution in [3.05, 3.63) is 133 Å². The third kappa shape index (κ3) is 2.87. The van der Waals surface area contributed by atoms with Crippen LogP contribution in [0.2, 0.25) is 0 Å². The Morgan fingerprint density at radius 2 is 1.24 bits per heavy atom. The highest BCUT2D eigenvalue weighted by molar-refractivity contribution is 6.18. The van der Waals surface area contributed by atoms with Crippen LogP contribution in [0.1, 0.15) is 5.56 Å². The topological polar surface area (TPSA) is 8.17 Å². The Bertz CT molecular complexity index is 1990. The van der Waals surface area contributed by atoms with Crippen LogP contribution in [0.15, 0.2) is 127 Å². The summed E-state index contributed by atoms with van der Waals surface area (Å²) in [6.45, 7) is 2.17. The molecule has 7 aromatic rings. The first-order valence-electron chi connectivity index (χ1n) is 12.8. The second-order valence-corrected chi connectivity index (χ2v) is 9.93. The van der Waals surface area contributed by atoms with Gasteiger partial charge in [0, 0.05) is 33.1 Å². The van der Waals surface area contributed by atoms with E-state index in [-0.39, 0.29) is 0 Å². The number of nitrogens with zero attached hydrogens (tertiary/aromatic N) is 2. The Balaban J connectivity index is 1.55. The quantitative estimate of drug-likeness (QED) is 0.243. The Kier molecular flexibility index (Phi) is 4.18. The van der Waals surface area contributed by atoms with Gasteiger partial charge in [0.15, 0.2) is 0 Å². The minimum Gasteiger partial charge on any atom is -0.309 e. The van der Waals surface area contributed by atoms with E-state index in [9.17, 15) is 0 Å². The largest absolute Gasteiger partial charge is 0.309 e. The zero-order valence-corrected chi connectivity index (χ0v) is 20.5. The highest BCUT2D eigenvalue weighted by atomic mass is 15.2. The van der Waals surface area contributed by atoms with Gasteiger partial charge in [-0.25, -0.2) is 0 Å². The lowest BCUT2D eigenvalue weighted by Gasteiger charge is -2.34. The van der Waals surface area contributed by atoms with Crippen molar-refractivity contribution in [2.24, 2.45) is 0 Å². The maximum absolute atomic E-state index is 2.45. The maximum Gasteiger partial charge on any atom is 0.0562 e. The van der Waals surface area contributed by atoms with E-state index in [1.807, 2.05) is 0 Å². The van der Waals surface area contributed by atoms with Gasteiger partial charge in [0.1, 0.15) is 0 Å². The zero-order chi connectivity index (χ0) is 24.5. The smallest absolute Gasteiger partial charge is 0.0562 e. The van der Waals surface area contributed by atoms with Crippen molar-refractivity contribution in [2.45, 2.75) is 6.92 Å². The van der Waals surface area contributed by atoms with Crippen LogP contribution in [0.3, 0.4) is 0 Å². The van der Waals surface area contributed by atoms with Crippen LogP contribution in [-0.4, -0.2) is 4.57 Å². The molecule has 1 aromatic heterocycles. The van der Waals surface area contributed by atoms with Crippen LogP contribution in [0.4, 0.5) is 17.1 Å². The van der Waals surface area contributed by atoms with Gasteiger partial charge in [0.2, 0.25) is 0 Å². The van der Waals surface area contributed by atoms with Gasteiger partial charge in [-0.05, 0) is 72.0 Å². The highest BCUT2D eigenvalue weighted by Crippen LogP contribution is 2.52. The van der Waals surface area contributed by atoms with Crippen molar-refractivity contribution < 1.29 is 0 Å². The second-order valence-electron chi connectivity index (χ2n) is 9.93. The number of hydrogen-bond acceptors (Lipinski definition) is 1. The summed E-state index contributed by atoms with van der Waals surface area (Å²) in [5, 5.41) is 5.13. The molecule has 0 saturated carbocycles. The lowest BCUT2D eigenvalue weighted by molar-refractivity contribution is 1.18. The molecule has 37 heavy (non-hydrogen) atoms. The highest BCUT2D eigenvalue weighted by Gasteiger charge is 2.27. The van der Waals surface area contributed by atoms with E-state index in [1.165, 1.54) is 72.0 Å². The third-order valence-electron chi connectivity index (χ3n) is 7.72. The molecule has 0 bridgehead atoms. The van der Waals surface area contributed by atoms with Crippen LogP contribution < -0.4 is 4.90 Å². The van der Waals surface area contributed by atoms with Crippen molar-refractivity contribution in [1.82, 2.24) is 4.57 Å². The van der Waals surface area contributed by atoms with Crippen LogP contribution in [0.25, 0.3) is 49.4 Å². The predicted octanol–water partition coefficient (Wildman–Crippen LogP) is 9.70.